The van der Waals surface area contributed by atoms with E-state index in [-0.39, 0.29) is 11.3 Å². The Morgan fingerprint density at radius 3 is 2.00 bits per heavy atom. The van der Waals surface area contributed by atoms with Gasteiger partial charge in [-0.3, -0.25) is 0 Å². The van der Waals surface area contributed by atoms with Gasteiger partial charge in [0.25, 0.3) is 0 Å². The smallest absolute Gasteiger partial charge is 0.465 e. The summed E-state index contributed by atoms with van der Waals surface area (Å²) in [7, 11) is 0.353. The number of rotatable bonds is 5. The van der Waals surface area contributed by atoms with Crippen LogP contribution in [0.4, 0.5) is 17.6 Å². The van der Waals surface area contributed by atoms with Crippen LogP contribution >= 0.6 is 0 Å². The maximum absolute atomic E-state index is 14.5. The fraction of sp³-hybridized carbons (Fsp3) is 0.0952. The molecular weight excluding hydrogens is 408 g/mol. The molecule has 0 aliphatic heterocycles. The average Bonchev–Trinajstić information content (AvgIpc) is 2.69. The molecule has 0 fully saturated rings. The molecule has 0 radical (unpaired) electrons. The molecule has 0 heterocycles. The summed E-state index contributed by atoms with van der Waals surface area (Å²) < 4.78 is 60.2. The van der Waals surface area contributed by atoms with Gasteiger partial charge in [-0.1, -0.05) is 18.2 Å². The van der Waals surface area contributed by atoms with E-state index in [1.807, 2.05) is 30.3 Å². The Bertz CT molecular complexity index is 989. The van der Waals surface area contributed by atoms with E-state index >= 15 is 0 Å². The minimum atomic E-state index is -4.78. The molecule has 0 amide bonds. The molecule has 0 spiro atoms. The van der Waals surface area contributed by atoms with Gasteiger partial charge in [0.2, 0.25) is 0 Å². The number of ether oxygens (including phenoxy) is 2. The molecule has 0 N–H and O–H groups in total. The molecule has 1 unspecified atom stereocenters. The molecule has 0 aliphatic carbocycles. The summed E-state index contributed by atoms with van der Waals surface area (Å²) in [4.78, 5) is 13.7. The van der Waals surface area contributed by atoms with Gasteiger partial charge < -0.3 is 9.47 Å². The molecule has 8 heteroatoms. The molecule has 0 saturated carbocycles. The molecule has 0 aromatic heterocycles. The fourth-order valence-electron chi connectivity index (χ4n) is 2.64. The van der Waals surface area contributed by atoms with E-state index in [1.165, 1.54) is 36.4 Å². The van der Waals surface area contributed by atoms with E-state index in [0.29, 0.717) is 9.79 Å². The lowest BCUT2D eigenvalue weighted by molar-refractivity contribution is -0.274. The molecular formula is C21H15F4O3S+. The third-order valence-corrected chi connectivity index (χ3v) is 6.07. The van der Waals surface area contributed by atoms with Crippen molar-refractivity contribution in [1.29, 1.82) is 0 Å². The Kier molecular flexibility index (Phi) is 6.12. The Balaban J connectivity index is 2.03. The molecule has 3 aromatic carbocycles. The highest BCUT2D eigenvalue weighted by Crippen LogP contribution is 2.33. The van der Waals surface area contributed by atoms with Crippen LogP contribution in [0.1, 0.15) is 10.4 Å². The van der Waals surface area contributed by atoms with E-state index in [1.54, 1.807) is 6.07 Å². The number of hydrogen-bond donors (Lipinski definition) is 0. The quantitative estimate of drug-likeness (QED) is 0.304. The van der Waals surface area contributed by atoms with Gasteiger partial charge in [-0.15, -0.1) is 13.2 Å². The van der Waals surface area contributed by atoms with Crippen molar-refractivity contribution in [2.24, 2.45) is 0 Å². The van der Waals surface area contributed by atoms with Crippen LogP contribution in [0.2, 0.25) is 0 Å². The summed E-state index contributed by atoms with van der Waals surface area (Å²) in [5.74, 6) is -1.87. The molecule has 0 bridgehead atoms. The Labute approximate surface area is 167 Å². The number of hydrogen-bond acceptors (Lipinski definition) is 3. The lowest BCUT2D eigenvalue weighted by Gasteiger charge is -2.11. The predicted molar refractivity (Wildman–Crippen MR) is 99.5 cm³/mol. The summed E-state index contributed by atoms with van der Waals surface area (Å²) in [6.45, 7) is 0. The summed E-state index contributed by atoms with van der Waals surface area (Å²) in [5.41, 5.74) is -0.193. The highest BCUT2D eigenvalue weighted by atomic mass is 32.2. The van der Waals surface area contributed by atoms with Crippen LogP contribution in [-0.2, 0) is 15.6 Å². The van der Waals surface area contributed by atoms with Crippen molar-refractivity contribution in [3.63, 3.8) is 0 Å². The van der Waals surface area contributed by atoms with Crippen LogP contribution in [0.25, 0.3) is 0 Å². The first-order valence-electron chi connectivity index (χ1n) is 8.31. The summed E-state index contributed by atoms with van der Waals surface area (Å²) in [6.07, 6.45) is -4.78. The number of carbonyl (C=O) groups is 1. The van der Waals surface area contributed by atoms with Gasteiger partial charge in [0, 0.05) is 6.07 Å². The molecule has 150 valence electrons. The zero-order valence-electron chi connectivity index (χ0n) is 15.1. The normalized spacial score (nSPS) is 12.3. The topological polar surface area (TPSA) is 35.5 Å². The SMILES string of the molecule is COC(=O)c1ccc([S+](c2ccccc2)c2ccc(OC(F)(F)F)cc2)cc1F. The number of benzene rings is 3. The molecule has 3 rings (SSSR count). The summed E-state index contributed by atoms with van der Waals surface area (Å²) >= 11 is 0. The van der Waals surface area contributed by atoms with Crippen LogP contribution in [0.5, 0.6) is 5.75 Å². The minimum absolute atomic E-state index is 0.193. The lowest BCUT2D eigenvalue weighted by atomic mass is 10.2. The van der Waals surface area contributed by atoms with Crippen LogP contribution < -0.4 is 4.74 Å². The van der Waals surface area contributed by atoms with E-state index in [9.17, 15) is 22.4 Å². The van der Waals surface area contributed by atoms with E-state index in [0.717, 1.165) is 12.0 Å². The van der Waals surface area contributed by atoms with E-state index in [2.05, 4.69) is 9.47 Å². The third kappa shape index (κ3) is 5.08. The van der Waals surface area contributed by atoms with Crippen LogP contribution in [0, 0.1) is 5.82 Å². The standard InChI is InChI=1S/C21H15F4O3S/c1-27-20(26)18-12-11-17(13-19(18)22)29(15-5-3-2-4-6-15)16-9-7-14(8-10-16)28-21(23,24)25/h2-13H,1H3/q+1. The van der Waals surface area contributed by atoms with Gasteiger partial charge in [0.1, 0.15) is 11.6 Å². The monoisotopic (exact) mass is 423 g/mol. The van der Waals surface area contributed by atoms with Crippen molar-refractivity contribution in [2.45, 2.75) is 21.0 Å². The minimum Gasteiger partial charge on any atom is -0.465 e. The average molecular weight is 423 g/mol. The molecule has 0 aliphatic rings. The van der Waals surface area contributed by atoms with Gasteiger partial charge in [-0.25, -0.2) is 9.18 Å². The second-order valence-electron chi connectivity index (χ2n) is 5.77. The molecule has 0 saturated heterocycles. The number of carbonyl (C=O) groups excluding carboxylic acids is 1. The summed E-state index contributed by atoms with van der Waals surface area (Å²) in [6, 6.07) is 18.7. The van der Waals surface area contributed by atoms with Crippen LogP contribution in [0.3, 0.4) is 0 Å². The highest BCUT2D eigenvalue weighted by Gasteiger charge is 2.33. The first-order chi connectivity index (χ1) is 13.8. The second-order valence-corrected chi connectivity index (χ2v) is 7.80. The number of halogens is 4. The van der Waals surface area contributed by atoms with Crippen LogP contribution in [0.15, 0.2) is 87.5 Å². The maximum Gasteiger partial charge on any atom is 0.573 e. The van der Waals surface area contributed by atoms with Gasteiger partial charge >= 0.3 is 12.3 Å². The first kappa shape index (κ1) is 20.7. The van der Waals surface area contributed by atoms with E-state index in [4.69, 9.17) is 0 Å². The van der Waals surface area contributed by atoms with Crippen molar-refractivity contribution in [1.82, 2.24) is 0 Å². The largest absolute Gasteiger partial charge is 0.573 e. The van der Waals surface area contributed by atoms with Crippen molar-refractivity contribution in [3.05, 3.63) is 84.2 Å². The molecule has 3 nitrogen and oxygen atoms in total. The van der Waals surface area contributed by atoms with Crippen molar-refractivity contribution >= 4 is 16.9 Å². The van der Waals surface area contributed by atoms with Gasteiger partial charge in [0.05, 0.1) is 23.6 Å². The lowest BCUT2D eigenvalue weighted by Crippen LogP contribution is -2.17. The predicted octanol–water partition coefficient (Wildman–Crippen LogP) is 5.61. The van der Waals surface area contributed by atoms with Gasteiger partial charge in [-0.2, -0.15) is 0 Å². The molecule has 3 aromatic rings. The zero-order chi connectivity index (χ0) is 21.0. The zero-order valence-corrected chi connectivity index (χ0v) is 15.9. The maximum atomic E-state index is 14.5. The van der Waals surface area contributed by atoms with E-state index < -0.39 is 29.0 Å². The second kappa shape index (κ2) is 8.57. The third-order valence-electron chi connectivity index (χ3n) is 3.85. The van der Waals surface area contributed by atoms with Crippen LogP contribution in [-0.4, -0.2) is 19.4 Å². The fourth-order valence-corrected chi connectivity index (χ4v) is 4.72. The van der Waals surface area contributed by atoms with Crippen molar-refractivity contribution < 1.29 is 31.8 Å². The first-order valence-corrected chi connectivity index (χ1v) is 9.54. The van der Waals surface area contributed by atoms with Gasteiger partial charge in [0.15, 0.2) is 14.7 Å². The van der Waals surface area contributed by atoms with Gasteiger partial charge in [-0.05, 0) is 48.5 Å². The van der Waals surface area contributed by atoms with Crippen molar-refractivity contribution in [2.75, 3.05) is 7.11 Å². The number of methoxy groups -OCH3 is 1. The molecule has 29 heavy (non-hydrogen) atoms. The number of esters is 1. The van der Waals surface area contributed by atoms with Crippen molar-refractivity contribution in [3.8, 4) is 5.75 Å². The summed E-state index contributed by atoms with van der Waals surface area (Å²) in [5, 5.41) is 0. The Hall–Kier alpha value is -3.00. The highest BCUT2D eigenvalue weighted by molar-refractivity contribution is 7.97. The molecule has 1 atom stereocenters. The number of alkyl halides is 3. The Morgan fingerprint density at radius 1 is 0.862 bits per heavy atom. The Morgan fingerprint density at radius 2 is 1.45 bits per heavy atom.